The second-order valence-electron chi connectivity index (χ2n) is 7.80. The molecule has 0 radical (unpaired) electrons. The van der Waals surface area contributed by atoms with E-state index in [9.17, 15) is 13.6 Å². The summed E-state index contributed by atoms with van der Waals surface area (Å²) < 4.78 is 32.3. The predicted molar refractivity (Wildman–Crippen MR) is 121 cm³/mol. The highest BCUT2D eigenvalue weighted by Gasteiger charge is 2.27. The van der Waals surface area contributed by atoms with E-state index < -0.39 is 23.3 Å². The molecule has 29 heavy (non-hydrogen) atoms. The first-order valence-electron chi connectivity index (χ1n) is 9.64. The standard InChI is InChI=1S/C20H30F2N4O2.HI/c1-5-23-18(24-10-8-14-12-15(21)6-7-17(14)22)26-11-9-16(13-26)25-19(27)28-20(2,3)4;/h6-7,12,16H,5,8-11,13H2,1-4H3,(H,23,24)(H,25,27);1H. The average molecular weight is 524 g/mol. The van der Waals surface area contributed by atoms with Crippen molar-refractivity contribution in [3.63, 3.8) is 0 Å². The van der Waals surface area contributed by atoms with Crippen molar-refractivity contribution in [2.75, 3.05) is 26.2 Å². The molecule has 0 aromatic heterocycles. The molecule has 1 heterocycles. The summed E-state index contributed by atoms with van der Waals surface area (Å²) in [7, 11) is 0. The molecule has 164 valence electrons. The van der Waals surface area contributed by atoms with E-state index in [1.54, 1.807) is 0 Å². The number of halogens is 3. The van der Waals surface area contributed by atoms with Crippen LogP contribution < -0.4 is 10.6 Å². The Morgan fingerprint density at radius 3 is 2.72 bits per heavy atom. The third-order valence-electron chi connectivity index (χ3n) is 4.19. The number of nitrogens with one attached hydrogen (secondary N) is 2. The number of rotatable bonds is 5. The number of amides is 1. The number of guanidine groups is 1. The zero-order valence-corrected chi connectivity index (χ0v) is 19.8. The Morgan fingerprint density at radius 2 is 2.07 bits per heavy atom. The molecule has 1 saturated heterocycles. The normalized spacial score (nSPS) is 17.0. The molecule has 1 atom stereocenters. The lowest BCUT2D eigenvalue weighted by Gasteiger charge is -2.23. The number of hydrogen-bond acceptors (Lipinski definition) is 3. The molecule has 0 saturated carbocycles. The number of carbonyl (C=O) groups is 1. The van der Waals surface area contributed by atoms with Crippen LogP contribution in [0.25, 0.3) is 0 Å². The molecule has 9 heteroatoms. The minimum atomic E-state index is -0.537. The minimum Gasteiger partial charge on any atom is -0.444 e. The van der Waals surface area contributed by atoms with Crippen LogP contribution in [0.1, 0.15) is 39.7 Å². The summed E-state index contributed by atoms with van der Waals surface area (Å²) in [6.45, 7) is 9.81. The van der Waals surface area contributed by atoms with E-state index in [-0.39, 0.29) is 30.0 Å². The van der Waals surface area contributed by atoms with Crippen molar-refractivity contribution in [1.29, 1.82) is 0 Å². The van der Waals surface area contributed by atoms with Gasteiger partial charge in [0.25, 0.3) is 0 Å². The van der Waals surface area contributed by atoms with Gasteiger partial charge in [-0.1, -0.05) is 0 Å². The van der Waals surface area contributed by atoms with Gasteiger partial charge < -0.3 is 20.3 Å². The monoisotopic (exact) mass is 524 g/mol. The fourth-order valence-corrected chi connectivity index (χ4v) is 2.99. The fraction of sp³-hybridized carbons (Fsp3) is 0.600. The SMILES string of the molecule is CCNC(=NCCc1cc(F)ccc1F)N1CCC(NC(=O)OC(C)(C)C)C1.I. The number of benzene rings is 1. The van der Waals surface area contributed by atoms with Gasteiger partial charge >= 0.3 is 6.09 Å². The van der Waals surface area contributed by atoms with Crippen molar-refractivity contribution in [2.45, 2.75) is 52.2 Å². The van der Waals surface area contributed by atoms with Gasteiger partial charge in [0, 0.05) is 26.2 Å². The van der Waals surface area contributed by atoms with Crippen LogP contribution in [0.15, 0.2) is 23.2 Å². The molecule has 1 aliphatic heterocycles. The largest absolute Gasteiger partial charge is 0.444 e. The van der Waals surface area contributed by atoms with Crippen molar-refractivity contribution < 1.29 is 18.3 Å². The summed E-state index contributed by atoms with van der Waals surface area (Å²) >= 11 is 0. The Morgan fingerprint density at radius 1 is 1.34 bits per heavy atom. The molecule has 0 spiro atoms. The van der Waals surface area contributed by atoms with E-state index in [0.29, 0.717) is 37.6 Å². The van der Waals surface area contributed by atoms with Crippen molar-refractivity contribution in [3.8, 4) is 0 Å². The lowest BCUT2D eigenvalue weighted by atomic mass is 10.1. The van der Waals surface area contributed by atoms with Gasteiger partial charge in [0.15, 0.2) is 5.96 Å². The van der Waals surface area contributed by atoms with E-state index in [1.807, 2.05) is 32.6 Å². The first-order chi connectivity index (χ1) is 13.2. The molecule has 1 aromatic rings. The van der Waals surface area contributed by atoms with E-state index in [0.717, 1.165) is 25.1 Å². The van der Waals surface area contributed by atoms with Crippen LogP contribution in [0.2, 0.25) is 0 Å². The van der Waals surface area contributed by atoms with Gasteiger partial charge in [-0.3, -0.25) is 4.99 Å². The first-order valence-corrected chi connectivity index (χ1v) is 9.64. The maximum absolute atomic E-state index is 13.7. The Hall–Kier alpha value is -1.65. The molecule has 1 unspecified atom stereocenters. The lowest BCUT2D eigenvalue weighted by molar-refractivity contribution is 0.0507. The smallest absolute Gasteiger partial charge is 0.407 e. The van der Waals surface area contributed by atoms with Crippen molar-refractivity contribution in [3.05, 3.63) is 35.4 Å². The topological polar surface area (TPSA) is 66.0 Å². The van der Waals surface area contributed by atoms with Crippen molar-refractivity contribution in [1.82, 2.24) is 15.5 Å². The van der Waals surface area contributed by atoms with Crippen LogP contribution in [-0.4, -0.2) is 54.8 Å². The molecule has 0 bridgehead atoms. The summed E-state index contributed by atoms with van der Waals surface area (Å²) in [5, 5.41) is 6.09. The summed E-state index contributed by atoms with van der Waals surface area (Å²) in [6.07, 6.45) is 0.663. The number of hydrogen-bond donors (Lipinski definition) is 2. The molecule has 6 nitrogen and oxygen atoms in total. The molecule has 1 aliphatic rings. The molecule has 1 aromatic carbocycles. The maximum Gasteiger partial charge on any atom is 0.407 e. The average Bonchev–Trinajstić information content (AvgIpc) is 3.03. The number of alkyl carbamates (subject to hydrolysis) is 1. The van der Waals surface area contributed by atoms with Crippen LogP contribution >= 0.6 is 24.0 Å². The highest BCUT2D eigenvalue weighted by Crippen LogP contribution is 2.13. The highest BCUT2D eigenvalue weighted by molar-refractivity contribution is 14.0. The number of carbonyl (C=O) groups excluding carboxylic acids is 1. The van der Waals surface area contributed by atoms with E-state index >= 15 is 0 Å². The predicted octanol–water partition coefficient (Wildman–Crippen LogP) is 3.69. The zero-order valence-electron chi connectivity index (χ0n) is 17.4. The van der Waals surface area contributed by atoms with E-state index in [4.69, 9.17) is 4.74 Å². The van der Waals surface area contributed by atoms with Crippen molar-refractivity contribution >= 4 is 36.0 Å². The Labute approximate surface area is 188 Å². The van der Waals surface area contributed by atoms with Gasteiger partial charge in [-0.25, -0.2) is 13.6 Å². The molecule has 1 fully saturated rings. The second kappa shape index (κ2) is 11.5. The van der Waals surface area contributed by atoms with Crippen LogP contribution in [-0.2, 0) is 11.2 Å². The minimum absolute atomic E-state index is 0. The number of nitrogens with zero attached hydrogens (tertiary/aromatic N) is 2. The zero-order chi connectivity index (χ0) is 20.7. The molecule has 1 amide bonds. The van der Waals surface area contributed by atoms with Crippen LogP contribution in [0, 0.1) is 11.6 Å². The quantitative estimate of drug-likeness (QED) is 0.351. The third kappa shape index (κ3) is 8.71. The Kier molecular flexibility index (Phi) is 10.1. The third-order valence-corrected chi connectivity index (χ3v) is 4.19. The van der Waals surface area contributed by atoms with Crippen LogP contribution in [0.4, 0.5) is 13.6 Å². The van der Waals surface area contributed by atoms with Gasteiger partial charge in [-0.2, -0.15) is 0 Å². The molecule has 2 rings (SSSR count). The second-order valence-corrected chi connectivity index (χ2v) is 7.80. The van der Waals surface area contributed by atoms with E-state index in [1.165, 1.54) is 6.07 Å². The molecule has 0 aliphatic carbocycles. The van der Waals surface area contributed by atoms with Gasteiger partial charge in [-0.05, 0) is 64.3 Å². The number of likely N-dealkylation sites (tertiary alicyclic amines) is 1. The molecule has 2 N–H and O–H groups in total. The summed E-state index contributed by atoms with van der Waals surface area (Å²) in [5.41, 5.74) is -0.226. The van der Waals surface area contributed by atoms with Crippen LogP contribution in [0.3, 0.4) is 0 Å². The summed E-state index contributed by atoms with van der Waals surface area (Å²) in [5.74, 6) is -0.180. The van der Waals surface area contributed by atoms with Gasteiger partial charge in [0.05, 0.1) is 6.04 Å². The number of ether oxygens (including phenoxy) is 1. The fourth-order valence-electron chi connectivity index (χ4n) is 2.99. The maximum atomic E-state index is 13.7. The van der Waals surface area contributed by atoms with Crippen LogP contribution in [0.5, 0.6) is 0 Å². The van der Waals surface area contributed by atoms with Gasteiger partial charge in [0.2, 0.25) is 0 Å². The first kappa shape index (κ1) is 25.4. The van der Waals surface area contributed by atoms with Gasteiger partial charge in [0.1, 0.15) is 17.2 Å². The Balaban J connectivity index is 0.00000420. The lowest BCUT2D eigenvalue weighted by Crippen LogP contribution is -2.44. The molecular formula is C20H31F2IN4O2. The molecular weight excluding hydrogens is 493 g/mol. The summed E-state index contributed by atoms with van der Waals surface area (Å²) in [4.78, 5) is 18.5. The summed E-state index contributed by atoms with van der Waals surface area (Å²) in [6, 6.07) is 3.41. The van der Waals surface area contributed by atoms with Gasteiger partial charge in [-0.15, -0.1) is 24.0 Å². The van der Waals surface area contributed by atoms with Crippen molar-refractivity contribution in [2.24, 2.45) is 4.99 Å². The number of aliphatic imine (C=N–C) groups is 1. The van der Waals surface area contributed by atoms with E-state index in [2.05, 4.69) is 15.6 Å². The Bertz CT molecular complexity index is 710. The highest BCUT2D eigenvalue weighted by atomic mass is 127.